The highest BCUT2D eigenvalue weighted by Gasteiger charge is 2.31. The van der Waals surface area contributed by atoms with Gasteiger partial charge in [0.05, 0.1) is 0 Å². The molecule has 15 heavy (non-hydrogen) atoms. The first kappa shape index (κ1) is 13.0. The Bertz CT molecular complexity index is 175. The monoisotopic (exact) mass is 212 g/mol. The van der Waals surface area contributed by atoms with Gasteiger partial charge in [0.15, 0.2) is 0 Å². The van der Waals surface area contributed by atoms with Crippen molar-refractivity contribution in [1.82, 2.24) is 10.2 Å². The van der Waals surface area contributed by atoms with Gasteiger partial charge in [0, 0.05) is 31.7 Å². The first-order chi connectivity index (χ1) is 7.15. The maximum atomic E-state index is 3.71. The van der Waals surface area contributed by atoms with E-state index >= 15 is 0 Å². The van der Waals surface area contributed by atoms with Crippen molar-refractivity contribution in [3.8, 4) is 0 Å². The molecule has 0 aromatic heterocycles. The molecule has 1 saturated heterocycles. The van der Waals surface area contributed by atoms with Crippen molar-refractivity contribution in [1.29, 1.82) is 0 Å². The number of piperazine rings is 1. The highest BCUT2D eigenvalue weighted by Crippen LogP contribution is 2.20. The number of hydrogen-bond donors (Lipinski definition) is 1. The van der Waals surface area contributed by atoms with Gasteiger partial charge in [-0.1, -0.05) is 34.1 Å². The molecule has 1 N–H and O–H groups in total. The lowest BCUT2D eigenvalue weighted by Gasteiger charge is -2.43. The molecule has 1 fully saturated rings. The van der Waals surface area contributed by atoms with Gasteiger partial charge >= 0.3 is 0 Å². The van der Waals surface area contributed by atoms with Gasteiger partial charge in [0.2, 0.25) is 0 Å². The molecule has 0 aromatic carbocycles. The quantitative estimate of drug-likeness (QED) is 0.753. The second-order valence-electron chi connectivity index (χ2n) is 5.16. The van der Waals surface area contributed by atoms with Crippen molar-refractivity contribution >= 4 is 0 Å². The van der Waals surface area contributed by atoms with Gasteiger partial charge in [-0.05, 0) is 18.8 Å². The van der Waals surface area contributed by atoms with Crippen LogP contribution in [0.1, 0.15) is 47.0 Å². The predicted octanol–water partition coefficient (Wildman–Crippen LogP) is 2.50. The Labute approximate surface area is 95.4 Å². The van der Waals surface area contributed by atoms with Crippen molar-refractivity contribution in [2.45, 2.75) is 52.5 Å². The summed E-state index contributed by atoms with van der Waals surface area (Å²) in [4.78, 5) is 2.65. The molecule has 0 aromatic rings. The van der Waals surface area contributed by atoms with Crippen LogP contribution in [0.25, 0.3) is 0 Å². The summed E-state index contributed by atoms with van der Waals surface area (Å²) >= 11 is 0. The topological polar surface area (TPSA) is 15.3 Å². The molecular weight excluding hydrogens is 184 g/mol. The number of nitrogens with zero attached hydrogens (tertiary/aromatic N) is 1. The fourth-order valence-electron chi connectivity index (χ4n) is 2.49. The third-order valence-corrected chi connectivity index (χ3v) is 4.07. The Morgan fingerprint density at radius 1 is 1.27 bits per heavy atom. The van der Waals surface area contributed by atoms with Crippen molar-refractivity contribution < 1.29 is 0 Å². The highest BCUT2D eigenvalue weighted by atomic mass is 15.2. The minimum atomic E-state index is 0.395. The van der Waals surface area contributed by atoms with Crippen LogP contribution in [0.4, 0.5) is 0 Å². The van der Waals surface area contributed by atoms with E-state index in [9.17, 15) is 0 Å². The van der Waals surface area contributed by atoms with Crippen LogP contribution in [-0.2, 0) is 0 Å². The number of hydrogen-bond acceptors (Lipinski definition) is 2. The lowest BCUT2D eigenvalue weighted by molar-refractivity contribution is 0.110. The van der Waals surface area contributed by atoms with Gasteiger partial charge in [-0.3, -0.25) is 4.90 Å². The van der Waals surface area contributed by atoms with E-state index in [-0.39, 0.29) is 0 Å². The summed E-state index contributed by atoms with van der Waals surface area (Å²) in [6.07, 6.45) is 3.80. The molecule has 1 aliphatic heterocycles. The summed E-state index contributed by atoms with van der Waals surface area (Å²) in [6.45, 7) is 14.2. The van der Waals surface area contributed by atoms with Crippen molar-refractivity contribution in [2.75, 3.05) is 26.2 Å². The van der Waals surface area contributed by atoms with E-state index in [0.29, 0.717) is 5.54 Å². The molecule has 1 aliphatic rings. The van der Waals surface area contributed by atoms with E-state index in [1.165, 1.54) is 38.9 Å². The van der Waals surface area contributed by atoms with Gasteiger partial charge in [-0.25, -0.2) is 0 Å². The third-order valence-electron chi connectivity index (χ3n) is 4.07. The minimum absolute atomic E-state index is 0.395. The van der Waals surface area contributed by atoms with Crippen LogP contribution in [-0.4, -0.2) is 36.6 Å². The van der Waals surface area contributed by atoms with E-state index in [1.54, 1.807) is 0 Å². The van der Waals surface area contributed by atoms with Crippen LogP contribution < -0.4 is 5.32 Å². The predicted molar refractivity (Wildman–Crippen MR) is 67.2 cm³/mol. The molecule has 90 valence electrons. The summed E-state index contributed by atoms with van der Waals surface area (Å²) in [5, 5.41) is 3.71. The second kappa shape index (κ2) is 5.86. The highest BCUT2D eigenvalue weighted by molar-refractivity contribution is 4.92. The molecule has 1 rings (SSSR count). The van der Waals surface area contributed by atoms with Crippen molar-refractivity contribution in [3.05, 3.63) is 0 Å². The molecule has 0 saturated carbocycles. The molecular formula is C13H28N2. The maximum Gasteiger partial charge on any atom is 0.0304 e. The van der Waals surface area contributed by atoms with Gasteiger partial charge in [0.1, 0.15) is 0 Å². The number of rotatable bonds is 5. The average Bonchev–Trinajstić information content (AvgIpc) is 2.29. The van der Waals surface area contributed by atoms with Gasteiger partial charge in [0.25, 0.3) is 0 Å². The SMILES string of the molecule is CCC(C)CN1CCNC(CC)(CC)C1. The molecule has 0 spiro atoms. The summed E-state index contributed by atoms with van der Waals surface area (Å²) in [7, 11) is 0. The van der Waals surface area contributed by atoms with Crippen LogP contribution in [0, 0.1) is 5.92 Å². The molecule has 1 heterocycles. The van der Waals surface area contributed by atoms with Gasteiger partial charge < -0.3 is 5.32 Å². The van der Waals surface area contributed by atoms with Crippen LogP contribution in [0.15, 0.2) is 0 Å². The molecule has 0 aliphatic carbocycles. The van der Waals surface area contributed by atoms with Crippen molar-refractivity contribution in [2.24, 2.45) is 5.92 Å². The van der Waals surface area contributed by atoms with Gasteiger partial charge in [-0.2, -0.15) is 0 Å². The standard InChI is InChI=1S/C13H28N2/c1-5-12(4)10-15-9-8-14-13(6-2,7-3)11-15/h12,14H,5-11H2,1-4H3. The summed E-state index contributed by atoms with van der Waals surface area (Å²) < 4.78 is 0. The lowest BCUT2D eigenvalue weighted by atomic mass is 9.90. The molecule has 0 radical (unpaired) electrons. The van der Waals surface area contributed by atoms with E-state index in [1.807, 2.05) is 0 Å². The fourth-order valence-corrected chi connectivity index (χ4v) is 2.49. The fraction of sp³-hybridized carbons (Fsp3) is 1.00. The van der Waals surface area contributed by atoms with E-state index < -0.39 is 0 Å². The Balaban J connectivity index is 2.47. The summed E-state index contributed by atoms with van der Waals surface area (Å²) in [6, 6.07) is 0. The second-order valence-corrected chi connectivity index (χ2v) is 5.16. The molecule has 0 amide bonds. The Kier molecular flexibility index (Phi) is 5.07. The maximum absolute atomic E-state index is 3.71. The van der Waals surface area contributed by atoms with E-state index in [0.717, 1.165) is 12.5 Å². The van der Waals surface area contributed by atoms with E-state index in [2.05, 4.69) is 37.9 Å². The molecule has 1 atom stereocenters. The molecule has 2 nitrogen and oxygen atoms in total. The zero-order valence-electron chi connectivity index (χ0n) is 11.0. The Morgan fingerprint density at radius 2 is 1.93 bits per heavy atom. The smallest absolute Gasteiger partial charge is 0.0304 e. The number of nitrogens with one attached hydrogen (secondary N) is 1. The van der Waals surface area contributed by atoms with Crippen LogP contribution in [0.5, 0.6) is 0 Å². The van der Waals surface area contributed by atoms with Crippen LogP contribution >= 0.6 is 0 Å². The zero-order chi connectivity index (χ0) is 11.3. The zero-order valence-corrected chi connectivity index (χ0v) is 11.0. The minimum Gasteiger partial charge on any atom is -0.309 e. The summed E-state index contributed by atoms with van der Waals surface area (Å²) in [5.74, 6) is 0.842. The molecule has 2 heteroatoms. The van der Waals surface area contributed by atoms with Crippen LogP contribution in [0.2, 0.25) is 0 Å². The third kappa shape index (κ3) is 3.46. The van der Waals surface area contributed by atoms with Crippen molar-refractivity contribution in [3.63, 3.8) is 0 Å². The largest absolute Gasteiger partial charge is 0.309 e. The Hall–Kier alpha value is -0.0800. The normalized spacial score (nSPS) is 24.0. The Morgan fingerprint density at radius 3 is 2.47 bits per heavy atom. The molecule has 1 unspecified atom stereocenters. The first-order valence-corrected chi connectivity index (χ1v) is 6.63. The molecule has 0 bridgehead atoms. The van der Waals surface area contributed by atoms with E-state index in [4.69, 9.17) is 0 Å². The first-order valence-electron chi connectivity index (χ1n) is 6.63. The van der Waals surface area contributed by atoms with Gasteiger partial charge in [-0.15, -0.1) is 0 Å². The average molecular weight is 212 g/mol. The lowest BCUT2D eigenvalue weighted by Crippen LogP contribution is -2.60. The van der Waals surface area contributed by atoms with Crippen LogP contribution in [0.3, 0.4) is 0 Å². The summed E-state index contributed by atoms with van der Waals surface area (Å²) in [5.41, 5.74) is 0.395.